The lowest BCUT2D eigenvalue weighted by Gasteiger charge is -2.41. The van der Waals surface area contributed by atoms with E-state index in [9.17, 15) is 18.8 Å². The molecule has 2 aromatic rings. The van der Waals surface area contributed by atoms with Crippen LogP contribution in [0.2, 0.25) is 0 Å². The second kappa shape index (κ2) is 9.09. The monoisotopic (exact) mass is 481 g/mol. The fourth-order valence-corrected chi connectivity index (χ4v) is 5.47. The van der Waals surface area contributed by atoms with Crippen LogP contribution in [-0.4, -0.2) is 63.0 Å². The van der Waals surface area contributed by atoms with E-state index in [4.69, 9.17) is 0 Å². The highest BCUT2D eigenvalue weighted by molar-refractivity contribution is 6.07. The maximum atomic E-state index is 14.0. The third-order valence-electron chi connectivity index (χ3n) is 7.43. The smallest absolute Gasteiger partial charge is 0.325 e. The normalized spacial score (nSPS) is 23.3. The quantitative estimate of drug-likeness (QED) is 0.592. The molecule has 1 aromatic carbocycles. The third-order valence-corrected chi connectivity index (χ3v) is 7.43. The lowest BCUT2D eigenvalue weighted by atomic mass is 9.73. The number of benzene rings is 1. The van der Waals surface area contributed by atoms with Gasteiger partial charge in [-0.25, -0.2) is 9.18 Å². The van der Waals surface area contributed by atoms with Gasteiger partial charge in [-0.15, -0.1) is 0 Å². The molecule has 3 heterocycles. The number of hydrogen-bond donors (Lipinski definition) is 2. The van der Waals surface area contributed by atoms with Gasteiger partial charge in [0.1, 0.15) is 17.1 Å². The van der Waals surface area contributed by atoms with Gasteiger partial charge in [0.05, 0.1) is 0 Å². The SMILES string of the molecule is CC(C)CN1C(=O)N[C@](Cc2cccc(F)c2)(C2CCN(C(=O)c3cc(C4CC4)[nH]n3)CC2)C1=O. The Morgan fingerprint density at radius 2 is 1.91 bits per heavy atom. The minimum Gasteiger partial charge on any atom is -0.337 e. The van der Waals surface area contributed by atoms with Crippen LogP contribution in [0.3, 0.4) is 0 Å². The molecule has 1 aliphatic carbocycles. The molecule has 1 atom stereocenters. The van der Waals surface area contributed by atoms with Crippen molar-refractivity contribution in [3.05, 3.63) is 53.1 Å². The average Bonchev–Trinajstić information content (AvgIpc) is 3.52. The van der Waals surface area contributed by atoms with Crippen molar-refractivity contribution in [2.24, 2.45) is 11.8 Å². The Hall–Kier alpha value is -3.23. The minimum absolute atomic E-state index is 0.117. The summed E-state index contributed by atoms with van der Waals surface area (Å²) in [4.78, 5) is 42.7. The van der Waals surface area contributed by atoms with Crippen molar-refractivity contribution < 1.29 is 18.8 Å². The van der Waals surface area contributed by atoms with Crippen molar-refractivity contribution in [2.75, 3.05) is 19.6 Å². The number of nitrogens with one attached hydrogen (secondary N) is 2. The predicted molar refractivity (Wildman–Crippen MR) is 127 cm³/mol. The summed E-state index contributed by atoms with van der Waals surface area (Å²) in [5, 5.41) is 10.2. The van der Waals surface area contributed by atoms with Crippen molar-refractivity contribution in [3.63, 3.8) is 0 Å². The molecular weight excluding hydrogens is 449 g/mol. The van der Waals surface area contributed by atoms with Crippen LogP contribution < -0.4 is 5.32 Å². The van der Waals surface area contributed by atoms with Gasteiger partial charge in [-0.1, -0.05) is 26.0 Å². The maximum Gasteiger partial charge on any atom is 0.325 e. The van der Waals surface area contributed by atoms with Gasteiger partial charge < -0.3 is 10.2 Å². The highest BCUT2D eigenvalue weighted by Gasteiger charge is 2.56. The van der Waals surface area contributed by atoms with Crippen molar-refractivity contribution in [1.82, 2.24) is 25.3 Å². The minimum atomic E-state index is -1.15. The number of rotatable bonds is 7. The number of aromatic amines is 1. The molecular formula is C26H32FN5O3. The maximum absolute atomic E-state index is 14.0. The zero-order valence-electron chi connectivity index (χ0n) is 20.2. The molecule has 2 aliphatic heterocycles. The molecule has 0 bridgehead atoms. The van der Waals surface area contributed by atoms with E-state index in [2.05, 4.69) is 15.5 Å². The predicted octanol–water partition coefficient (Wildman–Crippen LogP) is 3.47. The molecule has 35 heavy (non-hydrogen) atoms. The summed E-state index contributed by atoms with van der Waals surface area (Å²) in [7, 11) is 0. The number of amides is 4. The number of nitrogens with zero attached hydrogens (tertiary/aromatic N) is 3. The van der Waals surface area contributed by atoms with Crippen LogP contribution in [0, 0.1) is 17.7 Å². The number of carbonyl (C=O) groups is 3. The van der Waals surface area contributed by atoms with Gasteiger partial charge >= 0.3 is 6.03 Å². The summed E-state index contributed by atoms with van der Waals surface area (Å²) in [6.07, 6.45) is 3.59. The fourth-order valence-electron chi connectivity index (χ4n) is 5.47. The van der Waals surface area contributed by atoms with Crippen molar-refractivity contribution in [2.45, 2.75) is 57.4 Å². The Labute approximate surface area is 204 Å². The summed E-state index contributed by atoms with van der Waals surface area (Å²) in [6, 6.07) is 7.63. The summed E-state index contributed by atoms with van der Waals surface area (Å²) in [5.74, 6) is -0.310. The number of carbonyl (C=O) groups excluding carboxylic acids is 3. The van der Waals surface area contributed by atoms with Gasteiger partial charge in [0, 0.05) is 37.7 Å². The van der Waals surface area contributed by atoms with E-state index in [1.165, 1.54) is 17.0 Å². The van der Waals surface area contributed by atoms with Crippen molar-refractivity contribution in [3.8, 4) is 0 Å². The van der Waals surface area contributed by atoms with Gasteiger partial charge in [0.25, 0.3) is 11.8 Å². The Bertz CT molecular complexity index is 1140. The number of piperidine rings is 1. The van der Waals surface area contributed by atoms with Crippen molar-refractivity contribution >= 4 is 17.8 Å². The van der Waals surface area contributed by atoms with Crippen molar-refractivity contribution in [1.29, 1.82) is 0 Å². The van der Waals surface area contributed by atoms with Crippen LogP contribution in [0.1, 0.15) is 67.2 Å². The van der Waals surface area contributed by atoms with Crippen LogP contribution in [0.4, 0.5) is 9.18 Å². The lowest BCUT2D eigenvalue weighted by Crippen LogP contribution is -2.58. The first-order chi connectivity index (χ1) is 16.8. The average molecular weight is 482 g/mol. The Morgan fingerprint density at radius 1 is 1.17 bits per heavy atom. The Balaban J connectivity index is 1.35. The second-order valence-corrected chi connectivity index (χ2v) is 10.6. The van der Waals surface area contributed by atoms with E-state index in [0.717, 1.165) is 18.5 Å². The number of likely N-dealkylation sites (tertiary alicyclic amines) is 1. The molecule has 0 radical (unpaired) electrons. The van der Waals surface area contributed by atoms with Gasteiger partial charge in [-0.05, 0) is 61.3 Å². The van der Waals surface area contributed by atoms with Gasteiger partial charge in [-0.2, -0.15) is 5.10 Å². The molecule has 5 rings (SSSR count). The highest BCUT2D eigenvalue weighted by Crippen LogP contribution is 2.40. The fraction of sp³-hybridized carbons (Fsp3) is 0.538. The number of aromatic nitrogens is 2. The van der Waals surface area contributed by atoms with E-state index in [1.54, 1.807) is 17.0 Å². The number of H-pyrrole nitrogens is 1. The summed E-state index contributed by atoms with van der Waals surface area (Å²) >= 11 is 0. The molecule has 8 nitrogen and oxygen atoms in total. The molecule has 3 fully saturated rings. The first-order valence-corrected chi connectivity index (χ1v) is 12.5. The first-order valence-electron chi connectivity index (χ1n) is 12.5. The van der Waals surface area contributed by atoms with Gasteiger partial charge in [0.15, 0.2) is 0 Å². The molecule has 9 heteroatoms. The third kappa shape index (κ3) is 4.56. The zero-order chi connectivity index (χ0) is 24.7. The van der Waals surface area contributed by atoms with E-state index in [-0.39, 0.29) is 35.9 Å². The molecule has 1 aromatic heterocycles. The topological polar surface area (TPSA) is 98.4 Å². The van der Waals surface area contributed by atoms with E-state index < -0.39 is 11.6 Å². The van der Waals surface area contributed by atoms with Crippen LogP contribution in [-0.2, 0) is 11.2 Å². The molecule has 2 N–H and O–H groups in total. The number of halogens is 1. The van der Waals surface area contributed by atoms with Crippen LogP contribution in [0.5, 0.6) is 0 Å². The zero-order valence-corrected chi connectivity index (χ0v) is 20.2. The molecule has 1 saturated carbocycles. The molecule has 2 saturated heterocycles. The lowest BCUT2D eigenvalue weighted by molar-refractivity contribution is -0.134. The van der Waals surface area contributed by atoms with Crippen LogP contribution >= 0.6 is 0 Å². The molecule has 0 unspecified atom stereocenters. The number of hydrogen-bond acceptors (Lipinski definition) is 4. The van der Waals surface area contributed by atoms with Gasteiger partial charge in [-0.3, -0.25) is 19.6 Å². The number of urea groups is 1. The van der Waals surface area contributed by atoms with E-state index >= 15 is 0 Å². The molecule has 0 spiro atoms. The Kier molecular flexibility index (Phi) is 6.11. The second-order valence-electron chi connectivity index (χ2n) is 10.6. The van der Waals surface area contributed by atoms with Crippen LogP contribution in [0.25, 0.3) is 0 Å². The largest absolute Gasteiger partial charge is 0.337 e. The van der Waals surface area contributed by atoms with Crippen LogP contribution in [0.15, 0.2) is 30.3 Å². The van der Waals surface area contributed by atoms with E-state index in [1.807, 2.05) is 19.9 Å². The Morgan fingerprint density at radius 3 is 2.57 bits per heavy atom. The number of imide groups is 1. The highest BCUT2D eigenvalue weighted by atomic mass is 19.1. The molecule has 4 amide bonds. The summed E-state index contributed by atoms with van der Waals surface area (Å²) in [5.41, 5.74) is 0.947. The van der Waals surface area contributed by atoms with E-state index in [0.29, 0.717) is 49.7 Å². The standard InChI is InChI=1S/C26H32FN5O3/c1-16(2)15-32-24(34)26(28-25(32)35,14-17-4-3-5-20(27)12-17)19-8-10-31(11-9-19)23(33)22-13-21(29-30-22)18-6-7-18/h3-5,12-13,16,18-19H,6-11,14-15H2,1-2H3,(H,28,35)(H,29,30)/t26-/m1/s1. The summed E-state index contributed by atoms with van der Waals surface area (Å²) in [6.45, 7) is 5.18. The van der Waals surface area contributed by atoms with Gasteiger partial charge in [0.2, 0.25) is 0 Å². The first kappa shape index (κ1) is 23.5. The summed E-state index contributed by atoms with van der Waals surface area (Å²) < 4.78 is 14.0. The molecule has 3 aliphatic rings. The molecule has 186 valence electrons.